The van der Waals surface area contributed by atoms with Crippen molar-refractivity contribution < 1.29 is 45.8 Å². The van der Waals surface area contributed by atoms with Crippen molar-refractivity contribution in [1.29, 1.82) is 0 Å². The van der Waals surface area contributed by atoms with Crippen LogP contribution in [0, 0.1) is 5.82 Å². The monoisotopic (exact) mass is 573 g/mol. The Morgan fingerprint density at radius 2 is 1.77 bits per heavy atom. The number of nitrogens with zero attached hydrogens (tertiary/aromatic N) is 3. The van der Waals surface area contributed by atoms with E-state index in [0.29, 0.717) is 4.90 Å². The van der Waals surface area contributed by atoms with Crippen molar-refractivity contribution in [2.75, 3.05) is 25.4 Å². The number of ether oxygens (including phenoxy) is 1. The van der Waals surface area contributed by atoms with Crippen molar-refractivity contribution in [3.05, 3.63) is 71.7 Å². The number of hydrogen-bond donors (Lipinski definition) is 3. The van der Waals surface area contributed by atoms with Gasteiger partial charge in [-0.1, -0.05) is 19.1 Å². The lowest BCUT2D eigenvalue weighted by Crippen LogP contribution is -2.60. The van der Waals surface area contributed by atoms with E-state index < -0.39 is 60.4 Å². The molecular weight excluding hydrogens is 548 g/mol. The predicted molar refractivity (Wildman–Crippen MR) is 131 cm³/mol. The van der Waals surface area contributed by atoms with Crippen molar-refractivity contribution in [3.8, 4) is 11.4 Å². The molecule has 0 aliphatic heterocycles. The predicted octanol–water partition coefficient (Wildman–Crippen LogP) is 3.77. The van der Waals surface area contributed by atoms with E-state index in [2.05, 4.69) is 9.84 Å². The smallest absolute Gasteiger partial charge is 0.420 e. The Balaban J connectivity index is 1.83. The molecule has 2 amide bonds. The van der Waals surface area contributed by atoms with Gasteiger partial charge in [0.15, 0.2) is 5.60 Å². The number of halogens is 6. The van der Waals surface area contributed by atoms with Gasteiger partial charge in [-0.3, -0.25) is 9.59 Å². The van der Waals surface area contributed by atoms with Crippen LogP contribution >= 0.6 is 0 Å². The fourth-order valence-corrected chi connectivity index (χ4v) is 3.74. The molecule has 9 nitrogen and oxygen atoms in total. The Labute approximate surface area is 224 Å². The molecule has 4 N–H and O–H groups in total. The highest BCUT2D eigenvalue weighted by Gasteiger charge is 2.55. The summed E-state index contributed by atoms with van der Waals surface area (Å²) in [5.41, 5.74) is 1.78. The van der Waals surface area contributed by atoms with Crippen LogP contribution in [-0.4, -0.2) is 69.6 Å². The number of carbonyl (C=O) groups is 2. The number of hydrogen-bond acceptors (Lipinski definition) is 6. The third kappa shape index (κ3) is 6.83. The number of benzene rings is 2. The summed E-state index contributed by atoms with van der Waals surface area (Å²) in [5, 5.41) is 16.5. The van der Waals surface area contributed by atoms with Crippen molar-refractivity contribution in [1.82, 2.24) is 20.0 Å². The number of carbonyl (C=O) groups excluding carboxylic acids is 2. The molecule has 0 bridgehead atoms. The first-order valence-corrected chi connectivity index (χ1v) is 11.8. The molecule has 1 atom stereocenters. The van der Waals surface area contributed by atoms with Crippen LogP contribution in [0.2, 0.25) is 0 Å². The quantitative estimate of drug-likeness (QED) is 0.300. The summed E-state index contributed by atoms with van der Waals surface area (Å²) < 4.78 is 86.4. The SMILES string of the molecule is CCCN(CC(O)(CNC(=O)c1cnn(-c2ccc(F)cc2)c1N)C(F)(F)F)C(=O)c1ccccc1OC(F)F. The van der Waals surface area contributed by atoms with Crippen LogP contribution in [0.25, 0.3) is 5.69 Å². The molecule has 216 valence electrons. The standard InChI is InChI=1S/C25H25F6N5O4/c1-2-11-35(22(38)17-5-3-4-6-19(17)40-23(27)28)14-24(39,25(29,30)31)13-33-21(37)18-12-34-36(20(18)32)16-9-7-15(26)8-10-16/h3-10,12,23,39H,2,11,13-14,32H2,1H3,(H,33,37). The van der Waals surface area contributed by atoms with Crippen LogP contribution in [0.1, 0.15) is 34.1 Å². The molecular formula is C25H25F6N5O4. The molecule has 0 saturated carbocycles. The Kier molecular flexibility index (Phi) is 9.29. The van der Waals surface area contributed by atoms with E-state index in [1.54, 1.807) is 6.92 Å². The maximum Gasteiger partial charge on any atom is 0.420 e. The van der Waals surface area contributed by atoms with Crippen molar-refractivity contribution in [2.24, 2.45) is 0 Å². The molecule has 40 heavy (non-hydrogen) atoms. The summed E-state index contributed by atoms with van der Waals surface area (Å²) in [6.45, 7) is -4.75. The van der Waals surface area contributed by atoms with Crippen LogP contribution in [0.4, 0.5) is 32.2 Å². The molecule has 0 radical (unpaired) electrons. The Morgan fingerprint density at radius 1 is 1.12 bits per heavy atom. The van der Waals surface area contributed by atoms with Crippen molar-refractivity contribution >= 4 is 17.6 Å². The number of rotatable bonds is 11. The van der Waals surface area contributed by atoms with Crippen molar-refractivity contribution in [3.63, 3.8) is 0 Å². The van der Waals surface area contributed by atoms with Gasteiger partial charge < -0.3 is 25.8 Å². The first kappa shape index (κ1) is 30.3. The normalized spacial score (nSPS) is 13.1. The summed E-state index contributed by atoms with van der Waals surface area (Å²) in [6, 6.07) is 9.60. The van der Waals surface area contributed by atoms with Crippen LogP contribution in [0.15, 0.2) is 54.7 Å². The van der Waals surface area contributed by atoms with Gasteiger partial charge in [0.1, 0.15) is 22.9 Å². The molecule has 0 aliphatic rings. The lowest BCUT2D eigenvalue weighted by molar-refractivity contribution is -0.260. The summed E-state index contributed by atoms with van der Waals surface area (Å²) in [5.74, 6) is -3.58. The fraction of sp³-hybridized carbons (Fsp3) is 0.320. The number of amides is 2. The van der Waals surface area contributed by atoms with Crippen LogP contribution in [-0.2, 0) is 0 Å². The summed E-state index contributed by atoms with van der Waals surface area (Å²) in [7, 11) is 0. The molecule has 15 heteroatoms. The van der Waals surface area contributed by atoms with Gasteiger partial charge in [-0.15, -0.1) is 0 Å². The molecule has 3 rings (SSSR count). The van der Waals surface area contributed by atoms with E-state index in [1.807, 2.05) is 5.32 Å². The average molecular weight is 573 g/mol. The Hall–Kier alpha value is -4.27. The number of nitrogens with one attached hydrogen (secondary N) is 1. The van der Waals surface area contributed by atoms with Crippen LogP contribution in [0.5, 0.6) is 5.75 Å². The van der Waals surface area contributed by atoms with Gasteiger partial charge in [0, 0.05) is 6.54 Å². The number of aliphatic hydroxyl groups is 1. The Bertz CT molecular complexity index is 1330. The minimum absolute atomic E-state index is 0.156. The lowest BCUT2D eigenvalue weighted by Gasteiger charge is -2.36. The number of alkyl halides is 5. The van der Waals surface area contributed by atoms with E-state index in [4.69, 9.17) is 5.73 Å². The van der Waals surface area contributed by atoms with Gasteiger partial charge >= 0.3 is 12.8 Å². The molecule has 0 saturated heterocycles. The highest BCUT2D eigenvalue weighted by molar-refractivity contribution is 5.98. The molecule has 1 unspecified atom stereocenters. The molecule has 1 aromatic heterocycles. The number of aromatic nitrogens is 2. The van der Waals surface area contributed by atoms with Gasteiger partial charge in [0.05, 0.1) is 30.5 Å². The highest BCUT2D eigenvalue weighted by Crippen LogP contribution is 2.32. The second-order valence-electron chi connectivity index (χ2n) is 8.65. The van der Waals surface area contributed by atoms with Crippen molar-refractivity contribution in [2.45, 2.75) is 31.7 Å². The van der Waals surface area contributed by atoms with E-state index in [1.165, 1.54) is 24.3 Å². The van der Waals surface area contributed by atoms with E-state index in [9.17, 15) is 41.0 Å². The molecule has 3 aromatic rings. The van der Waals surface area contributed by atoms with Crippen LogP contribution < -0.4 is 15.8 Å². The molecule has 2 aromatic carbocycles. The first-order valence-electron chi connectivity index (χ1n) is 11.8. The molecule has 1 heterocycles. The zero-order valence-electron chi connectivity index (χ0n) is 21.0. The van der Waals surface area contributed by atoms with Crippen LogP contribution in [0.3, 0.4) is 0 Å². The second-order valence-corrected chi connectivity index (χ2v) is 8.65. The third-order valence-electron chi connectivity index (χ3n) is 5.76. The number of anilines is 1. The third-order valence-corrected chi connectivity index (χ3v) is 5.76. The fourth-order valence-electron chi connectivity index (χ4n) is 3.74. The number of para-hydroxylation sites is 1. The topological polar surface area (TPSA) is 123 Å². The maximum atomic E-state index is 14.1. The van der Waals surface area contributed by atoms with Gasteiger partial charge in [-0.25, -0.2) is 9.07 Å². The zero-order valence-corrected chi connectivity index (χ0v) is 21.0. The minimum Gasteiger partial charge on any atom is -0.434 e. The minimum atomic E-state index is -5.34. The summed E-state index contributed by atoms with van der Waals surface area (Å²) >= 11 is 0. The van der Waals surface area contributed by atoms with E-state index >= 15 is 0 Å². The lowest BCUT2D eigenvalue weighted by atomic mass is 10.0. The van der Waals surface area contributed by atoms with Gasteiger partial charge in [-0.05, 0) is 42.8 Å². The van der Waals surface area contributed by atoms with E-state index in [-0.39, 0.29) is 30.0 Å². The summed E-state index contributed by atoms with van der Waals surface area (Å²) in [6.07, 6.45) is -4.20. The Morgan fingerprint density at radius 3 is 2.38 bits per heavy atom. The average Bonchev–Trinajstić information content (AvgIpc) is 3.27. The largest absolute Gasteiger partial charge is 0.434 e. The van der Waals surface area contributed by atoms with Gasteiger partial charge in [0.2, 0.25) is 0 Å². The number of nitrogen functional groups attached to an aromatic ring is 1. The van der Waals surface area contributed by atoms with E-state index in [0.717, 1.165) is 35.1 Å². The maximum absolute atomic E-state index is 14.1. The molecule has 0 spiro atoms. The summed E-state index contributed by atoms with van der Waals surface area (Å²) in [4.78, 5) is 26.4. The second kappa shape index (κ2) is 12.3. The molecule has 0 aliphatic carbocycles. The number of nitrogens with two attached hydrogens (primary N) is 1. The van der Waals surface area contributed by atoms with Gasteiger partial charge in [0.25, 0.3) is 11.8 Å². The van der Waals surface area contributed by atoms with Gasteiger partial charge in [-0.2, -0.15) is 27.1 Å². The zero-order chi connectivity index (χ0) is 29.7. The first-order chi connectivity index (χ1) is 18.8. The molecule has 0 fully saturated rings. The highest BCUT2D eigenvalue weighted by atomic mass is 19.4.